The maximum absolute atomic E-state index is 6.38. The van der Waals surface area contributed by atoms with E-state index in [1.165, 1.54) is 12.8 Å². The first-order chi connectivity index (χ1) is 7.67. The molecule has 0 spiro atoms. The predicted molar refractivity (Wildman–Crippen MR) is 59.8 cm³/mol. The Hall–Kier alpha value is -0.900. The Morgan fingerprint density at radius 2 is 1.94 bits per heavy atom. The number of nitrogens with two attached hydrogens (primary N) is 1. The largest absolute Gasteiger partial charge is 0.337 e. The van der Waals surface area contributed by atoms with Crippen molar-refractivity contribution in [1.29, 1.82) is 0 Å². The minimum Gasteiger partial charge on any atom is -0.337 e. The van der Waals surface area contributed by atoms with E-state index in [1.807, 2.05) is 0 Å². The van der Waals surface area contributed by atoms with Gasteiger partial charge < -0.3 is 10.3 Å². The predicted octanol–water partition coefficient (Wildman–Crippen LogP) is 2.31. The van der Waals surface area contributed by atoms with Gasteiger partial charge in [-0.2, -0.15) is 4.98 Å². The van der Waals surface area contributed by atoms with Gasteiger partial charge in [0.15, 0.2) is 5.82 Å². The lowest BCUT2D eigenvalue weighted by Crippen LogP contribution is -2.40. The topological polar surface area (TPSA) is 64.9 Å². The maximum atomic E-state index is 6.38. The van der Waals surface area contributed by atoms with Crippen molar-refractivity contribution in [3.8, 4) is 0 Å². The molecule has 3 rings (SSSR count). The van der Waals surface area contributed by atoms with Gasteiger partial charge in [0.05, 0.1) is 5.54 Å². The molecule has 0 amide bonds. The first-order valence-electron chi connectivity index (χ1n) is 6.30. The molecule has 0 bridgehead atoms. The maximum Gasteiger partial charge on any atom is 0.246 e. The van der Waals surface area contributed by atoms with Crippen LogP contribution in [0.4, 0.5) is 0 Å². The van der Waals surface area contributed by atoms with Crippen LogP contribution in [0, 0.1) is 5.92 Å². The van der Waals surface area contributed by atoms with Gasteiger partial charge in [-0.15, -0.1) is 0 Å². The van der Waals surface area contributed by atoms with Gasteiger partial charge in [0.2, 0.25) is 5.89 Å². The molecular weight excluding hydrogens is 202 g/mol. The van der Waals surface area contributed by atoms with Crippen LogP contribution in [0.1, 0.15) is 63.1 Å². The van der Waals surface area contributed by atoms with Crippen molar-refractivity contribution in [1.82, 2.24) is 10.1 Å². The van der Waals surface area contributed by atoms with Crippen LogP contribution in [0.3, 0.4) is 0 Å². The van der Waals surface area contributed by atoms with Crippen molar-refractivity contribution in [2.24, 2.45) is 11.7 Å². The lowest BCUT2D eigenvalue weighted by atomic mass is 9.78. The second kappa shape index (κ2) is 3.55. The first kappa shape index (κ1) is 10.3. The van der Waals surface area contributed by atoms with Crippen molar-refractivity contribution in [3.05, 3.63) is 11.7 Å². The van der Waals surface area contributed by atoms with E-state index in [9.17, 15) is 0 Å². The fourth-order valence-electron chi connectivity index (χ4n) is 2.44. The quantitative estimate of drug-likeness (QED) is 0.832. The average molecular weight is 221 g/mol. The summed E-state index contributed by atoms with van der Waals surface area (Å²) in [6.45, 7) is 2.28. The second-order valence-corrected chi connectivity index (χ2v) is 5.57. The minimum absolute atomic E-state index is 0.355. The van der Waals surface area contributed by atoms with Gasteiger partial charge in [-0.1, -0.05) is 12.1 Å². The van der Waals surface area contributed by atoms with Crippen LogP contribution in [0.2, 0.25) is 0 Å². The number of hydrogen-bond acceptors (Lipinski definition) is 4. The summed E-state index contributed by atoms with van der Waals surface area (Å²) in [5, 5.41) is 4.05. The Balaban J connectivity index is 1.78. The molecule has 0 aliphatic heterocycles. The highest BCUT2D eigenvalue weighted by Crippen LogP contribution is 2.41. The van der Waals surface area contributed by atoms with Gasteiger partial charge >= 0.3 is 0 Å². The molecule has 2 saturated carbocycles. The highest BCUT2D eigenvalue weighted by Gasteiger charge is 2.38. The Bertz CT molecular complexity index is 375. The molecule has 2 N–H and O–H groups in total. The van der Waals surface area contributed by atoms with Crippen LogP contribution in [-0.2, 0) is 5.54 Å². The van der Waals surface area contributed by atoms with E-state index in [4.69, 9.17) is 10.3 Å². The number of hydrogen-bond donors (Lipinski definition) is 1. The van der Waals surface area contributed by atoms with E-state index in [0.29, 0.717) is 11.8 Å². The van der Waals surface area contributed by atoms with Gasteiger partial charge in [-0.05, 0) is 44.4 Å². The average Bonchev–Trinajstić information content (AvgIpc) is 3.01. The van der Waals surface area contributed by atoms with Gasteiger partial charge in [-0.3, -0.25) is 0 Å². The number of rotatable bonds is 2. The molecule has 4 heteroatoms. The van der Waals surface area contributed by atoms with E-state index >= 15 is 0 Å². The van der Waals surface area contributed by atoms with E-state index in [0.717, 1.165) is 37.4 Å². The molecule has 2 aliphatic carbocycles. The minimum atomic E-state index is -0.355. The monoisotopic (exact) mass is 221 g/mol. The smallest absolute Gasteiger partial charge is 0.246 e. The van der Waals surface area contributed by atoms with Crippen LogP contribution in [-0.4, -0.2) is 10.1 Å². The summed E-state index contributed by atoms with van der Waals surface area (Å²) >= 11 is 0. The third-order valence-electron chi connectivity index (χ3n) is 3.98. The summed E-state index contributed by atoms with van der Waals surface area (Å²) in [6.07, 6.45) is 6.68. The summed E-state index contributed by atoms with van der Waals surface area (Å²) < 4.78 is 5.36. The van der Waals surface area contributed by atoms with Crippen LogP contribution in [0.15, 0.2) is 4.52 Å². The molecule has 2 fully saturated rings. The van der Waals surface area contributed by atoms with Gasteiger partial charge in [0.25, 0.3) is 0 Å². The van der Waals surface area contributed by atoms with Crippen molar-refractivity contribution < 1.29 is 4.52 Å². The molecule has 1 aromatic heterocycles. The molecule has 88 valence electrons. The standard InChI is InChI=1S/C12H19N3O/c1-8-4-6-12(13,7-5-8)11-14-10(15-16-11)9-2-3-9/h8-9H,2-7,13H2,1H3. The zero-order valence-electron chi connectivity index (χ0n) is 9.78. The molecule has 1 aromatic rings. The number of nitrogens with zero attached hydrogens (tertiary/aromatic N) is 2. The van der Waals surface area contributed by atoms with Gasteiger partial charge in [0, 0.05) is 5.92 Å². The third kappa shape index (κ3) is 1.75. The van der Waals surface area contributed by atoms with E-state index in [-0.39, 0.29) is 5.54 Å². The number of aromatic nitrogens is 2. The summed E-state index contributed by atoms with van der Waals surface area (Å²) in [5.41, 5.74) is 6.03. The zero-order valence-corrected chi connectivity index (χ0v) is 9.78. The Labute approximate surface area is 95.6 Å². The van der Waals surface area contributed by atoms with Crippen molar-refractivity contribution in [3.63, 3.8) is 0 Å². The van der Waals surface area contributed by atoms with Gasteiger partial charge in [0.1, 0.15) is 0 Å². The fraction of sp³-hybridized carbons (Fsp3) is 0.833. The van der Waals surface area contributed by atoms with Crippen LogP contribution in [0.5, 0.6) is 0 Å². The lowest BCUT2D eigenvalue weighted by molar-refractivity contribution is 0.190. The molecule has 0 aromatic carbocycles. The molecule has 0 unspecified atom stereocenters. The third-order valence-corrected chi connectivity index (χ3v) is 3.98. The van der Waals surface area contributed by atoms with Crippen molar-refractivity contribution in [2.45, 2.75) is 56.9 Å². The molecule has 4 nitrogen and oxygen atoms in total. The SMILES string of the molecule is CC1CCC(N)(c2nc(C3CC3)no2)CC1. The van der Waals surface area contributed by atoms with Crippen LogP contribution < -0.4 is 5.73 Å². The van der Waals surface area contributed by atoms with Gasteiger partial charge in [-0.25, -0.2) is 0 Å². The molecule has 0 saturated heterocycles. The summed E-state index contributed by atoms with van der Waals surface area (Å²) in [5.74, 6) is 2.87. The van der Waals surface area contributed by atoms with Crippen LogP contribution >= 0.6 is 0 Å². The second-order valence-electron chi connectivity index (χ2n) is 5.57. The lowest BCUT2D eigenvalue weighted by Gasteiger charge is -2.32. The Kier molecular flexibility index (Phi) is 2.28. The van der Waals surface area contributed by atoms with E-state index in [2.05, 4.69) is 17.1 Å². The molecule has 0 atom stereocenters. The van der Waals surface area contributed by atoms with E-state index < -0.39 is 0 Å². The summed E-state index contributed by atoms with van der Waals surface area (Å²) in [7, 11) is 0. The summed E-state index contributed by atoms with van der Waals surface area (Å²) in [4.78, 5) is 4.49. The molecule has 0 radical (unpaired) electrons. The van der Waals surface area contributed by atoms with Crippen molar-refractivity contribution in [2.75, 3.05) is 0 Å². The zero-order chi connectivity index (χ0) is 11.2. The Morgan fingerprint density at radius 3 is 2.56 bits per heavy atom. The van der Waals surface area contributed by atoms with E-state index in [1.54, 1.807) is 0 Å². The molecule has 1 heterocycles. The molecular formula is C12H19N3O. The van der Waals surface area contributed by atoms with Crippen molar-refractivity contribution >= 4 is 0 Å². The molecule has 16 heavy (non-hydrogen) atoms. The fourth-order valence-corrected chi connectivity index (χ4v) is 2.44. The summed E-state index contributed by atoms with van der Waals surface area (Å²) in [6, 6.07) is 0. The highest BCUT2D eigenvalue weighted by atomic mass is 16.5. The van der Waals surface area contributed by atoms with Crippen LogP contribution in [0.25, 0.3) is 0 Å². The molecule has 2 aliphatic rings. The highest BCUT2D eigenvalue weighted by molar-refractivity contribution is 5.09. The first-order valence-corrected chi connectivity index (χ1v) is 6.30. The Morgan fingerprint density at radius 1 is 1.25 bits per heavy atom. The normalized spacial score (nSPS) is 35.2.